The Morgan fingerprint density at radius 1 is 1.45 bits per heavy atom. The van der Waals surface area contributed by atoms with E-state index in [-0.39, 0.29) is 0 Å². The average Bonchev–Trinajstić information content (AvgIpc) is 3.06. The van der Waals surface area contributed by atoms with Crippen LogP contribution in [-0.4, -0.2) is 24.1 Å². The molecule has 0 bridgehead atoms. The molecule has 1 N–H and O–H groups in total. The number of nitrogens with one attached hydrogen (secondary N) is 1. The highest BCUT2D eigenvalue weighted by atomic mass is 35.5. The molecule has 1 saturated heterocycles. The second kappa shape index (κ2) is 5.85. The summed E-state index contributed by atoms with van der Waals surface area (Å²) in [6.07, 6.45) is 2.88. The van der Waals surface area contributed by atoms with Gasteiger partial charge in [-0.15, -0.1) is 0 Å². The second-order valence-electron chi connectivity index (χ2n) is 5.13. The fourth-order valence-corrected chi connectivity index (χ4v) is 2.80. The van der Waals surface area contributed by atoms with Crippen molar-refractivity contribution in [1.29, 1.82) is 0 Å². The quantitative estimate of drug-likeness (QED) is 0.940. The van der Waals surface area contributed by atoms with Crippen LogP contribution in [-0.2, 0) is 6.54 Å². The van der Waals surface area contributed by atoms with Crippen molar-refractivity contribution in [2.75, 3.05) is 18.0 Å². The maximum absolute atomic E-state index is 6.19. The molecular weight excluding hydrogens is 274 g/mol. The van der Waals surface area contributed by atoms with Gasteiger partial charge in [-0.2, -0.15) is 0 Å². The highest BCUT2D eigenvalue weighted by Crippen LogP contribution is 2.25. The van der Waals surface area contributed by atoms with E-state index in [0.29, 0.717) is 6.04 Å². The lowest BCUT2D eigenvalue weighted by Gasteiger charge is -2.18. The Kier molecular flexibility index (Phi) is 3.94. The zero-order chi connectivity index (χ0) is 13.9. The molecule has 4 nitrogen and oxygen atoms in total. The third kappa shape index (κ3) is 2.97. The summed E-state index contributed by atoms with van der Waals surface area (Å²) in [6.45, 7) is 4.63. The van der Waals surface area contributed by atoms with Crippen molar-refractivity contribution in [3.05, 3.63) is 47.0 Å². The predicted octanol–water partition coefficient (Wildman–Crippen LogP) is 3.00. The van der Waals surface area contributed by atoms with E-state index in [9.17, 15) is 0 Å². The number of furan rings is 1. The highest BCUT2D eigenvalue weighted by Gasteiger charge is 2.24. The van der Waals surface area contributed by atoms with E-state index in [4.69, 9.17) is 16.0 Å². The molecule has 20 heavy (non-hydrogen) atoms. The van der Waals surface area contributed by atoms with E-state index < -0.39 is 0 Å². The highest BCUT2D eigenvalue weighted by molar-refractivity contribution is 6.32. The average molecular weight is 292 g/mol. The molecule has 0 saturated carbocycles. The molecule has 106 valence electrons. The molecule has 0 aromatic carbocycles. The first-order valence-corrected chi connectivity index (χ1v) is 7.24. The van der Waals surface area contributed by atoms with Crippen LogP contribution >= 0.6 is 11.6 Å². The Morgan fingerprint density at radius 2 is 2.35 bits per heavy atom. The van der Waals surface area contributed by atoms with E-state index in [0.717, 1.165) is 48.4 Å². The Labute approximate surface area is 123 Å². The number of hydrogen-bond acceptors (Lipinski definition) is 4. The normalized spacial score (nSPS) is 18.7. The van der Waals surface area contributed by atoms with E-state index in [2.05, 4.69) is 15.2 Å². The Bertz CT molecular complexity index is 584. The summed E-state index contributed by atoms with van der Waals surface area (Å²) in [4.78, 5) is 6.59. The predicted molar refractivity (Wildman–Crippen MR) is 80.1 cm³/mol. The van der Waals surface area contributed by atoms with Gasteiger partial charge in [0.25, 0.3) is 0 Å². The van der Waals surface area contributed by atoms with Gasteiger partial charge in [0.05, 0.1) is 11.6 Å². The first kappa shape index (κ1) is 13.5. The minimum Gasteiger partial charge on any atom is -0.465 e. The van der Waals surface area contributed by atoms with E-state index in [1.807, 2.05) is 31.2 Å². The van der Waals surface area contributed by atoms with Crippen LogP contribution in [0.3, 0.4) is 0 Å². The molecule has 1 unspecified atom stereocenters. The maximum atomic E-state index is 6.19. The summed E-state index contributed by atoms with van der Waals surface area (Å²) in [5.74, 6) is 2.82. The summed E-state index contributed by atoms with van der Waals surface area (Å²) in [5.41, 5.74) is 0. The van der Waals surface area contributed by atoms with Gasteiger partial charge < -0.3 is 14.6 Å². The molecule has 3 heterocycles. The van der Waals surface area contributed by atoms with E-state index >= 15 is 0 Å². The lowest BCUT2D eigenvalue weighted by Crippen LogP contribution is -2.32. The SMILES string of the molecule is Cc1ccc(CNC2CCN(c3ncccc3Cl)C2)o1. The molecule has 0 spiro atoms. The summed E-state index contributed by atoms with van der Waals surface area (Å²) in [6, 6.07) is 8.20. The van der Waals surface area contributed by atoms with Gasteiger partial charge in [0.1, 0.15) is 17.3 Å². The van der Waals surface area contributed by atoms with Gasteiger partial charge in [0.15, 0.2) is 0 Å². The third-order valence-corrected chi connectivity index (χ3v) is 3.88. The van der Waals surface area contributed by atoms with Crippen molar-refractivity contribution in [1.82, 2.24) is 10.3 Å². The number of rotatable bonds is 4. The van der Waals surface area contributed by atoms with Crippen LogP contribution in [0, 0.1) is 6.92 Å². The molecule has 2 aromatic heterocycles. The molecule has 1 aliphatic rings. The molecule has 1 aliphatic heterocycles. The lowest BCUT2D eigenvalue weighted by molar-refractivity contribution is 0.440. The van der Waals surface area contributed by atoms with Gasteiger partial charge in [-0.25, -0.2) is 4.98 Å². The van der Waals surface area contributed by atoms with Gasteiger partial charge in [0, 0.05) is 25.3 Å². The van der Waals surface area contributed by atoms with Crippen LogP contribution < -0.4 is 10.2 Å². The maximum Gasteiger partial charge on any atom is 0.147 e. The number of aryl methyl sites for hydroxylation is 1. The first-order chi connectivity index (χ1) is 9.72. The zero-order valence-electron chi connectivity index (χ0n) is 11.5. The third-order valence-electron chi connectivity index (χ3n) is 3.59. The summed E-state index contributed by atoms with van der Waals surface area (Å²) < 4.78 is 5.56. The van der Waals surface area contributed by atoms with Gasteiger partial charge in [-0.3, -0.25) is 0 Å². The fraction of sp³-hybridized carbons (Fsp3) is 0.400. The number of pyridine rings is 1. The molecule has 1 fully saturated rings. The van der Waals surface area contributed by atoms with Crippen LogP contribution in [0.15, 0.2) is 34.9 Å². The van der Waals surface area contributed by atoms with Crippen molar-refractivity contribution in [2.24, 2.45) is 0 Å². The Morgan fingerprint density at radius 3 is 3.10 bits per heavy atom. The Balaban J connectivity index is 1.56. The largest absolute Gasteiger partial charge is 0.465 e. The van der Waals surface area contributed by atoms with Gasteiger partial charge in [-0.05, 0) is 37.6 Å². The second-order valence-corrected chi connectivity index (χ2v) is 5.54. The van der Waals surface area contributed by atoms with E-state index in [1.54, 1.807) is 6.20 Å². The van der Waals surface area contributed by atoms with Crippen molar-refractivity contribution in [3.63, 3.8) is 0 Å². The molecule has 5 heteroatoms. The summed E-state index contributed by atoms with van der Waals surface area (Å²) in [7, 11) is 0. The van der Waals surface area contributed by atoms with Crippen LogP contribution in [0.2, 0.25) is 5.02 Å². The minimum atomic E-state index is 0.443. The van der Waals surface area contributed by atoms with Crippen molar-refractivity contribution < 1.29 is 4.42 Å². The molecule has 0 aliphatic carbocycles. The smallest absolute Gasteiger partial charge is 0.147 e. The molecular formula is C15H18ClN3O. The lowest BCUT2D eigenvalue weighted by atomic mass is 10.2. The van der Waals surface area contributed by atoms with Crippen LogP contribution in [0.1, 0.15) is 17.9 Å². The monoisotopic (exact) mass is 291 g/mol. The topological polar surface area (TPSA) is 41.3 Å². The van der Waals surface area contributed by atoms with Gasteiger partial charge >= 0.3 is 0 Å². The number of nitrogens with zero attached hydrogens (tertiary/aromatic N) is 2. The summed E-state index contributed by atoms with van der Waals surface area (Å²) in [5, 5.41) is 4.24. The standard InChI is InChI=1S/C15H18ClN3O/c1-11-4-5-13(20-11)9-18-12-6-8-19(10-12)15-14(16)3-2-7-17-15/h2-5,7,12,18H,6,8-10H2,1H3. The molecule has 0 amide bonds. The Hall–Kier alpha value is -1.52. The van der Waals surface area contributed by atoms with Crippen molar-refractivity contribution in [3.8, 4) is 0 Å². The van der Waals surface area contributed by atoms with Crippen LogP contribution in [0.5, 0.6) is 0 Å². The van der Waals surface area contributed by atoms with Crippen molar-refractivity contribution in [2.45, 2.75) is 25.9 Å². The molecule has 1 atom stereocenters. The number of aromatic nitrogens is 1. The van der Waals surface area contributed by atoms with Crippen LogP contribution in [0.4, 0.5) is 5.82 Å². The molecule has 3 rings (SSSR count). The van der Waals surface area contributed by atoms with Crippen molar-refractivity contribution >= 4 is 17.4 Å². The summed E-state index contributed by atoms with van der Waals surface area (Å²) >= 11 is 6.19. The number of halogens is 1. The molecule has 0 radical (unpaired) electrons. The number of anilines is 1. The van der Waals surface area contributed by atoms with Crippen LogP contribution in [0.25, 0.3) is 0 Å². The minimum absolute atomic E-state index is 0.443. The molecule has 2 aromatic rings. The zero-order valence-corrected chi connectivity index (χ0v) is 12.2. The van der Waals surface area contributed by atoms with E-state index in [1.165, 1.54) is 0 Å². The number of hydrogen-bond donors (Lipinski definition) is 1. The van der Waals surface area contributed by atoms with Gasteiger partial charge in [-0.1, -0.05) is 11.6 Å². The fourth-order valence-electron chi connectivity index (χ4n) is 2.55. The van der Waals surface area contributed by atoms with Gasteiger partial charge in [0.2, 0.25) is 0 Å². The first-order valence-electron chi connectivity index (χ1n) is 6.86.